The first-order valence-electron chi connectivity index (χ1n) is 8.03. The fourth-order valence-corrected chi connectivity index (χ4v) is 4.17. The second kappa shape index (κ2) is 6.61. The van der Waals surface area contributed by atoms with E-state index >= 15 is 0 Å². The molecule has 0 amide bonds. The zero-order chi connectivity index (χ0) is 16.0. The summed E-state index contributed by atoms with van der Waals surface area (Å²) < 4.78 is 16.1. The maximum Gasteiger partial charge on any atom is 0.231 e. The normalized spacial score (nSPS) is 27.8. The lowest BCUT2D eigenvalue weighted by molar-refractivity contribution is 0.279. The minimum atomic E-state index is 0. The minimum Gasteiger partial charge on any atom is -0.493 e. The number of hydrogen-bond donors (Lipinski definition) is 1. The molecule has 1 aromatic heterocycles. The van der Waals surface area contributed by atoms with Gasteiger partial charge in [-0.2, -0.15) is 4.98 Å². The third-order valence-electron chi connectivity index (χ3n) is 5.35. The van der Waals surface area contributed by atoms with Crippen molar-refractivity contribution in [2.75, 3.05) is 14.2 Å². The summed E-state index contributed by atoms with van der Waals surface area (Å²) in [7, 11) is 3.22. The largest absolute Gasteiger partial charge is 0.493 e. The van der Waals surface area contributed by atoms with Crippen molar-refractivity contribution in [3.8, 4) is 22.9 Å². The molecular formula is C17H22ClN3O3. The molecule has 4 rings (SSSR count). The maximum absolute atomic E-state index is 6.36. The van der Waals surface area contributed by atoms with Gasteiger partial charge in [0.25, 0.3) is 0 Å². The number of hydrogen-bond acceptors (Lipinski definition) is 6. The first-order valence-corrected chi connectivity index (χ1v) is 8.03. The predicted molar refractivity (Wildman–Crippen MR) is 91.6 cm³/mol. The molecule has 1 heterocycles. The van der Waals surface area contributed by atoms with Gasteiger partial charge in [0.1, 0.15) is 0 Å². The van der Waals surface area contributed by atoms with Gasteiger partial charge in [-0.05, 0) is 49.3 Å². The van der Waals surface area contributed by atoms with Gasteiger partial charge in [-0.1, -0.05) is 5.16 Å². The van der Waals surface area contributed by atoms with Gasteiger partial charge in [0.15, 0.2) is 11.5 Å². The van der Waals surface area contributed by atoms with Gasteiger partial charge < -0.3 is 19.7 Å². The summed E-state index contributed by atoms with van der Waals surface area (Å²) >= 11 is 0. The predicted octanol–water partition coefficient (Wildman–Crippen LogP) is 3.02. The van der Waals surface area contributed by atoms with Crippen LogP contribution < -0.4 is 15.2 Å². The van der Waals surface area contributed by atoms with Crippen molar-refractivity contribution < 1.29 is 14.0 Å². The molecule has 2 saturated carbocycles. The molecule has 2 N–H and O–H groups in total. The van der Waals surface area contributed by atoms with Gasteiger partial charge in [0.05, 0.1) is 20.1 Å². The summed E-state index contributed by atoms with van der Waals surface area (Å²) in [6.07, 6.45) is 3.65. The highest BCUT2D eigenvalue weighted by atomic mass is 35.5. The number of rotatable bonds is 4. The minimum absolute atomic E-state index is 0. The van der Waals surface area contributed by atoms with Crippen LogP contribution in [0.2, 0.25) is 0 Å². The summed E-state index contributed by atoms with van der Waals surface area (Å²) in [5.41, 5.74) is 7.21. The summed E-state index contributed by atoms with van der Waals surface area (Å²) in [6.45, 7) is 0. The Morgan fingerprint density at radius 1 is 1.12 bits per heavy atom. The Morgan fingerprint density at radius 3 is 2.54 bits per heavy atom. The van der Waals surface area contributed by atoms with E-state index in [1.165, 1.54) is 19.3 Å². The summed E-state index contributed by atoms with van der Waals surface area (Å²) in [5.74, 6) is 3.97. The Labute approximate surface area is 147 Å². The van der Waals surface area contributed by atoms with Gasteiger partial charge >= 0.3 is 0 Å². The van der Waals surface area contributed by atoms with E-state index in [9.17, 15) is 0 Å². The Hall–Kier alpha value is -1.79. The van der Waals surface area contributed by atoms with Crippen LogP contribution in [0.1, 0.15) is 31.1 Å². The standard InChI is InChI=1S/C17H21N3O3.ClH/c1-21-12-6-5-11(8-13(12)22-2)16-19-17(23-20-16)14-9-3-4-10(7-9)15(14)18;/h5-6,8-10,14-15H,3-4,7,18H2,1-2H3;1H. The van der Waals surface area contributed by atoms with Crippen LogP contribution in [-0.2, 0) is 0 Å². The van der Waals surface area contributed by atoms with E-state index in [2.05, 4.69) is 10.1 Å². The van der Waals surface area contributed by atoms with Crippen molar-refractivity contribution in [1.82, 2.24) is 10.1 Å². The lowest BCUT2D eigenvalue weighted by Gasteiger charge is -2.24. The third kappa shape index (κ3) is 2.63. The number of methoxy groups -OCH3 is 2. The van der Waals surface area contributed by atoms with Crippen LogP contribution in [0.4, 0.5) is 0 Å². The number of nitrogens with two attached hydrogens (primary N) is 1. The summed E-state index contributed by atoms with van der Waals surface area (Å²) in [4.78, 5) is 4.61. The van der Waals surface area contributed by atoms with Crippen molar-refractivity contribution in [3.63, 3.8) is 0 Å². The van der Waals surface area contributed by atoms with Gasteiger partial charge in [-0.15, -0.1) is 12.4 Å². The summed E-state index contributed by atoms with van der Waals surface area (Å²) in [6, 6.07) is 5.74. The molecule has 1 aromatic carbocycles. The van der Waals surface area contributed by atoms with Crippen LogP contribution >= 0.6 is 12.4 Å². The molecule has 130 valence electrons. The van der Waals surface area contributed by atoms with E-state index in [0.717, 1.165) is 5.56 Å². The third-order valence-corrected chi connectivity index (χ3v) is 5.35. The number of benzene rings is 1. The van der Waals surface area contributed by atoms with E-state index in [1.54, 1.807) is 14.2 Å². The molecule has 2 fully saturated rings. The highest BCUT2D eigenvalue weighted by Gasteiger charge is 2.48. The fourth-order valence-electron chi connectivity index (χ4n) is 4.17. The number of aromatic nitrogens is 2. The van der Waals surface area contributed by atoms with E-state index in [1.807, 2.05) is 18.2 Å². The molecule has 2 bridgehead atoms. The molecule has 7 heteroatoms. The Kier molecular flexibility index (Phi) is 4.69. The number of fused-ring (bicyclic) bond motifs is 2. The van der Waals surface area contributed by atoms with E-state index in [-0.39, 0.29) is 24.4 Å². The molecule has 2 aliphatic rings. The SMILES string of the molecule is COc1ccc(-c2noc(C3C4CCC(C4)C3N)n2)cc1OC.Cl. The molecule has 2 aromatic rings. The van der Waals surface area contributed by atoms with Crippen molar-refractivity contribution >= 4 is 12.4 Å². The highest BCUT2D eigenvalue weighted by molar-refractivity contribution is 5.85. The molecule has 2 aliphatic carbocycles. The molecule has 4 unspecified atom stereocenters. The van der Waals surface area contributed by atoms with Gasteiger partial charge in [-0.25, -0.2) is 0 Å². The van der Waals surface area contributed by atoms with Gasteiger partial charge in [0, 0.05) is 11.6 Å². The van der Waals surface area contributed by atoms with E-state index in [4.69, 9.17) is 19.7 Å². The molecule has 4 atom stereocenters. The lowest BCUT2D eigenvalue weighted by atomic mass is 9.85. The number of halogens is 1. The summed E-state index contributed by atoms with van der Waals surface area (Å²) in [5, 5.41) is 4.14. The van der Waals surface area contributed by atoms with Crippen LogP contribution in [0.5, 0.6) is 11.5 Å². The van der Waals surface area contributed by atoms with Crippen LogP contribution in [0.3, 0.4) is 0 Å². The molecule has 0 saturated heterocycles. The van der Waals surface area contributed by atoms with E-state index in [0.29, 0.717) is 35.0 Å². The van der Waals surface area contributed by atoms with Crippen molar-refractivity contribution in [1.29, 1.82) is 0 Å². The van der Waals surface area contributed by atoms with E-state index < -0.39 is 0 Å². The van der Waals surface area contributed by atoms with Crippen molar-refractivity contribution in [2.24, 2.45) is 17.6 Å². The van der Waals surface area contributed by atoms with Crippen LogP contribution in [0, 0.1) is 11.8 Å². The average molecular weight is 352 g/mol. The first kappa shape index (κ1) is 17.0. The Balaban J connectivity index is 0.00000169. The fraction of sp³-hybridized carbons (Fsp3) is 0.529. The molecule has 0 radical (unpaired) electrons. The topological polar surface area (TPSA) is 83.4 Å². The van der Waals surface area contributed by atoms with Gasteiger partial charge in [-0.3, -0.25) is 0 Å². The Bertz CT molecular complexity index is 719. The molecule has 0 aliphatic heterocycles. The highest BCUT2D eigenvalue weighted by Crippen LogP contribution is 2.51. The van der Waals surface area contributed by atoms with Crippen LogP contribution in [-0.4, -0.2) is 30.4 Å². The smallest absolute Gasteiger partial charge is 0.231 e. The quantitative estimate of drug-likeness (QED) is 0.911. The Morgan fingerprint density at radius 2 is 1.88 bits per heavy atom. The molecule has 24 heavy (non-hydrogen) atoms. The van der Waals surface area contributed by atoms with Gasteiger partial charge in [0.2, 0.25) is 11.7 Å². The average Bonchev–Trinajstić information content (AvgIpc) is 3.29. The molecule has 0 spiro atoms. The van der Waals surface area contributed by atoms with Crippen molar-refractivity contribution in [3.05, 3.63) is 24.1 Å². The monoisotopic (exact) mass is 351 g/mol. The van der Waals surface area contributed by atoms with Crippen molar-refractivity contribution in [2.45, 2.75) is 31.2 Å². The maximum atomic E-state index is 6.36. The zero-order valence-electron chi connectivity index (χ0n) is 13.8. The molecular weight excluding hydrogens is 330 g/mol. The number of ether oxygens (including phenoxy) is 2. The number of nitrogens with zero attached hydrogens (tertiary/aromatic N) is 2. The van der Waals surface area contributed by atoms with Crippen LogP contribution in [0.25, 0.3) is 11.4 Å². The van der Waals surface area contributed by atoms with Crippen LogP contribution in [0.15, 0.2) is 22.7 Å². The second-order valence-corrected chi connectivity index (χ2v) is 6.46. The lowest BCUT2D eigenvalue weighted by Crippen LogP contribution is -2.34. The zero-order valence-corrected chi connectivity index (χ0v) is 14.6. The molecule has 6 nitrogen and oxygen atoms in total. The second-order valence-electron chi connectivity index (χ2n) is 6.46. The first-order chi connectivity index (χ1) is 11.2.